The molecule has 0 aliphatic carbocycles. The number of Topliss-reactive ketones (excluding diaryl/α,β-unsaturated/α-hetero) is 1. The monoisotopic (exact) mass is 406 g/mol. The Bertz CT molecular complexity index is 1030. The highest BCUT2D eigenvalue weighted by atomic mass is 16.5. The van der Waals surface area contributed by atoms with Gasteiger partial charge < -0.3 is 14.6 Å². The fraction of sp³-hybridized carbons (Fsp3) is 0.217. The average molecular weight is 406 g/mol. The molecule has 1 atom stereocenters. The summed E-state index contributed by atoms with van der Waals surface area (Å²) in [4.78, 5) is 36.8. The van der Waals surface area contributed by atoms with Crippen molar-refractivity contribution in [3.05, 3.63) is 77.6 Å². The van der Waals surface area contributed by atoms with Crippen LogP contribution in [0, 0.1) is 6.92 Å². The molecule has 0 saturated heterocycles. The van der Waals surface area contributed by atoms with E-state index in [1.807, 2.05) is 48.5 Å². The maximum Gasteiger partial charge on any atom is 0.344 e. The molecule has 0 radical (unpaired) electrons. The van der Waals surface area contributed by atoms with Gasteiger partial charge in [0.1, 0.15) is 17.0 Å². The van der Waals surface area contributed by atoms with Crippen molar-refractivity contribution in [3.63, 3.8) is 0 Å². The van der Waals surface area contributed by atoms with Gasteiger partial charge in [-0.05, 0) is 25.8 Å². The number of nitrogens with one attached hydrogen (secondary N) is 1. The van der Waals surface area contributed by atoms with Gasteiger partial charge in [0.15, 0.2) is 12.4 Å². The van der Waals surface area contributed by atoms with Gasteiger partial charge in [-0.3, -0.25) is 9.59 Å². The van der Waals surface area contributed by atoms with Gasteiger partial charge in [-0.2, -0.15) is 0 Å². The lowest BCUT2D eigenvalue weighted by atomic mass is 10.0. The van der Waals surface area contributed by atoms with Crippen LogP contribution in [0.2, 0.25) is 0 Å². The van der Waals surface area contributed by atoms with Crippen LogP contribution >= 0.6 is 0 Å². The number of rotatable bonds is 8. The van der Waals surface area contributed by atoms with Gasteiger partial charge in [-0.1, -0.05) is 65.8 Å². The number of benzene rings is 2. The van der Waals surface area contributed by atoms with Crippen molar-refractivity contribution >= 4 is 17.7 Å². The summed E-state index contributed by atoms with van der Waals surface area (Å²) < 4.78 is 10.3. The second kappa shape index (κ2) is 9.65. The molecule has 3 aromatic rings. The summed E-state index contributed by atoms with van der Waals surface area (Å²) >= 11 is 0. The van der Waals surface area contributed by atoms with Crippen LogP contribution < -0.4 is 5.32 Å². The zero-order valence-corrected chi connectivity index (χ0v) is 16.8. The summed E-state index contributed by atoms with van der Waals surface area (Å²) in [7, 11) is 0. The lowest BCUT2D eigenvalue weighted by Crippen LogP contribution is -2.43. The van der Waals surface area contributed by atoms with Gasteiger partial charge in [0.2, 0.25) is 0 Å². The first-order valence-corrected chi connectivity index (χ1v) is 9.48. The van der Waals surface area contributed by atoms with E-state index in [9.17, 15) is 14.4 Å². The van der Waals surface area contributed by atoms with Gasteiger partial charge in [-0.15, -0.1) is 0 Å². The van der Waals surface area contributed by atoms with Crippen LogP contribution in [0.3, 0.4) is 0 Å². The largest absolute Gasteiger partial charge is 0.452 e. The molecule has 3 rings (SSSR count). The standard InChI is InChI=1S/C23H22N2O5/c1-15(26)19(13-17-9-5-3-6-10-17)24-20(27)14-29-23(28)21-16(2)30-25-22(21)18-11-7-4-8-12-18/h3-12,19H,13-14H2,1-2H3,(H,24,27)/t19-/m1/s1. The van der Waals surface area contributed by atoms with Crippen LogP contribution in [-0.4, -0.2) is 35.5 Å². The Morgan fingerprint density at radius 3 is 2.30 bits per heavy atom. The van der Waals surface area contributed by atoms with Crippen LogP contribution in [0.15, 0.2) is 65.2 Å². The Balaban J connectivity index is 1.63. The number of aryl methyl sites for hydroxylation is 1. The van der Waals surface area contributed by atoms with E-state index < -0.39 is 24.5 Å². The summed E-state index contributed by atoms with van der Waals surface area (Å²) in [5.74, 6) is -1.16. The van der Waals surface area contributed by atoms with Crippen molar-refractivity contribution < 1.29 is 23.6 Å². The second-order valence-corrected chi connectivity index (χ2v) is 6.82. The highest BCUT2D eigenvalue weighted by Gasteiger charge is 2.24. The molecule has 1 amide bonds. The van der Waals surface area contributed by atoms with Crippen LogP contribution in [0.5, 0.6) is 0 Å². The number of esters is 1. The first-order valence-electron chi connectivity index (χ1n) is 9.48. The number of hydrogen-bond acceptors (Lipinski definition) is 6. The predicted molar refractivity (Wildman–Crippen MR) is 110 cm³/mol. The van der Waals surface area contributed by atoms with Crippen LogP contribution in [0.1, 0.15) is 28.6 Å². The Morgan fingerprint density at radius 2 is 1.67 bits per heavy atom. The molecule has 0 aliphatic rings. The molecule has 0 saturated carbocycles. The molecule has 2 aromatic carbocycles. The number of ketones is 1. The molecule has 7 nitrogen and oxygen atoms in total. The van der Waals surface area contributed by atoms with Gasteiger partial charge in [0, 0.05) is 5.56 Å². The van der Waals surface area contributed by atoms with Gasteiger partial charge >= 0.3 is 5.97 Å². The third-order valence-electron chi connectivity index (χ3n) is 4.56. The molecule has 0 spiro atoms. The summed E-state index contributed by atoms with van der Waals surface area (Å²) in [6, 6.07) is 17.7. The van der Waals surface area contributed by atoms with Crippen LogP contribution in [-0.2, 0) is 20.7 Å². The minimum atomic E-state index is -0.717. The predicted octanol–water partition coefficient (Wildman–Crippen LogP) is 3.12. The minimum absolute atomic E-state index is 0.168. The molecule has 1 aromatic heterocycles. The van der Waals surface area contributed by atoms with E-state index in [1.165, 1.54) is 6.92 Å². The van der Waals surface area contributed by atoms with Crippen LogP contribution in [0.25, 0.3) is 11.3 Å². The van der Waals surface area contributed by atoms with Crippen molar-refractivity contribution in [2.75, 3.05) is 6.61 Å². The quantitative estimate of drug-likeness (QED) is 0.577. The number of hydrogen-bond donors (Lipinski definition) is 1. The molecule has 0 bridgehead atoms. The maximum absolute atomic E-state index is 12.6. The van der Waals surface area contributed by atoms with Gasteiger partial charge in [0.05, 0.1) is 6.04 Å². The van der Waals surface area contributed by atoms with Gasteiger partial charge in [0.25, 0.3) is 5.91 Å². The Kier molecular flexibility index (Phi) is 6.75. The average Bonchev–Trinajstić information content (AvgIpc) is 3.14. The summed E-state index contributed by atoms with van der Waals surface area (Å²) in [6.07, 6.45) is 0.360. The number of amides is 1. The molecule has 154 valence electrons. The van der Waals surface area contributed by atoms with E-state index in [0.717, 1.165) is 5.56 Å². The lowest BCUT2D eigenvalue weighted by molar-refractivity contribution is -0.128. The molecule has 0 unspecified atom stereocenters. The van der Waals surface area contributed by atoms with Crippen molar-refractivity contribution in [2.45, 2.75) is 26.3 Å². The van der Waals surface area contributed by atoms with E-state index in [4.69, 9.17) is 9.26 Å². The maximum atomic E-state index is 12.6. The second-order valence-electron chi connectivity index (χ2n) is 6.82. The lowest BCUT2D eigenvalue weighted by Gasteiger charge is -2.16. The van der Waals surface area contributed by atoms with Crippen molar-refractivity contribution in [2.24, 2.45) is 0 Å². The van der Waals surface area contributed by atoms with E-state index >= 15 is 0 Å². The van der Waals surface area contributed by atoms with Crippen molar-refractivity contribution in [3.8, 4) is 11.3 Å². The molecule has 1 N–H and O–H groups in total. The fourth-order valence-electron chi connectivity index (χ4n) is 2.99. The van der Waals surface area contributed by atoms with Crippen molar-refractivity contribution in [1.29, 1.82) is 0 Å². The highest BCUT2D eigenvalue weighted by Crippen LogP contribution is 2.25. The molecule has 1 heterocycles. The van der Waals surface area contributed by atoms with E-state index in [1.54, 1.807) is 19.1 Å². The fourth-order valence-corrected chi connectivity index (χ4v) is 2.99. The smallest absolute Gasteiger partial charge is 0.344 e. The number of nitrogens with zero attached hydrogens (tertiary/aromatic N) is 1. The highest BCUT2D eigenvalue weighted by molar-refractivity contribution is 5.98. The zero-order valence-electron chi connectivity index (χ0n) is 16.8. The normalized spacial score (nSPS) is 11.5. The zero-order chi connectivity index (χ0) is 21.5. The van der Waals surface area contributed by atoms with Crippen molar-refractivity contribution in [1.82, 2.24) is 10.5 Å². The minimum Gasteiger partial charge on any atom is -0.452 e. The topological polar surface area (TPSA) is 98.5 Å². The van der Waals surface area contributed by atoms with Gasteiger partial charge in [-0.25, -0.2) is 4.79 Å². The molecule has 7 heteroatoms. The number of carbonyl (C=O) groups excluding carboxylic acids is 3. The Labute approximate surface area is 174 Å². The third-order valence-corrected chi connectivity index (χ3v) is 4.56. The molecule has 30 heavy (non-hydrogen) atoms. The van der Waals surface area contributed by atoms with Crippen LogP contribution in [0.4, 0.5) is 0 Å². The number of aromatic nitrogens is 1. The molecular formula is C23H22N2O5. The van der Waals surface area contributed by atoms with E-state index in [2.05, 4.69) is 10.5 Å². The van der Waals surface area contributed by atoms with E-state index in [-0.39, 0.29) is 11.3 Å². The number of ether oxygens (including phenoxy) is 1. The summed E-state index contributed by atoms with van der Waals surface area (Å²) in [5.41, 5.74) is 2.14. The Hall–Kier alpha value is -3.74. The number of carbonyl (C=O) groups is 3. The molecule has 0 fully saturated rings. The van der Waals surface area contributed by atoms with E-state index in [0.29, 0.717) is 23.4 Å². The molecule has 0 aliphatic heterocycles. The summed E-state index contributed by atoms with van der Waals surface area (Å²) in [5, 5.41) is 6.55. The SMILES string of the molecule is CC(=O)[C@@H](Cc1ccccc1)NC(=O)COC(=O)c1c(-c2ccccc2)noc1C. The first kappa shape index (κ1) is 21.0. The first-order chi connectivity index (χ1) is 14.5. The Morgan fingerprint density at radius 1 is 1.03 bits per heavy atom. The summed E-state index contributed by atoms with van der Waals surface area (Å²) in [6.45, 7) is 2.49. The molecular weight excluding hydrogens is 384 g/mol. The third kappa shape index (κ3) is 5.20.